The van der Waals surface area contributed by atoms with Gasteiger partial charge < -0.3 is 35.0 Å². The first kappa shape index (κ1) is 47.6. The SMILES string of the molecule is CC(C)(C)OC(=O)N1C(=O)n2c(nc3c(Br)cccc32)C12CCN(c1ncnc3c1ccn3C(=O)OC(C)(C)C)CC2.Cn1cc(-c2cccc3[nH]c(C4(N)CCN(c5ncnc6[nH]ccc56)CC4)nc23)cn1. The van der Waals surface area contributed by atoms with Crippen LogP contribution in [0.1, 0.15) is 78.9 Å². The summed E-state index contributed by atoms with van der Waals surface area (Å²) < 4.78 is 16.7. The number of aryl methyl sites for hydroxylation is 1. The lowest BCUT2D eigenvalue weighted by atomic mass is 9.86. The number of H-pyrrole nitrogens is 2. The number of imidazole rings is 2. The number of para-hydroxylation sites is 2. The molecular formula is C51H55BrN16O5. The fraction of sp³-hybridized carbons (Fsp3) is 0.373. The molecule has 9 aromatic rings. The maximum Gasteiger partial charge on any atom is 0.420 e. The fourth-order valence-corrected chi connectivity index (χ4v) is 10.7. The monoisotopic (exact) mass is 1050 g/mol. The van der Waals surface area contributed by atoms with E-state index < -0.39 is 40.5 Å². The molecule has 7 aromatic heterocycles. The number of hydrogen-bond acceptors (Lipinski definition) is 15. The second-order valence-corrected chi connectivity index (χ2v) is 21.7. The Hall–Kier alpha value is -7.72. The molecular weight excluding hydrogens is 997 g/mol. The minimum atomic E-state index is -1.01. The smallest absolute Gasteiger partial charge is 0.420 e. The lowest BCUT2D eigenvalue weighted by Crippen LogP contribution is -2.55. The summed E-state index contributed by atoms with van der Waals surface area (Å²) in [5.74, 6) is 2.97. The number of nitrogens with one attached hydrogen (secondary N) is 2. The number of hydrogen-bond donors (Lipinski definition) is 3. The van der Waals surface area contributed by atoms with Gasteiger partial charge in [0.15, 0.2) is 5.65 Å². The first-order chi connectivity index (χ1) is 34.8. The van der Waals surface area contributed by atoms with Gasteiger partial charge in [-0.1, -0.05) is 18.2 Å². The Bertz CT molecular complexity index is 3620. The molecule has 376 valence electrons. The molecule has 4 N–H and O–H groups in total. The molecule has 0 unspecified atom stereocenters. The van der Waals surface area contributed by atoms with Gasteiger partial charge in [0.2, 0.25) is 0 Å². The number of imide groups is 1. The minimum Gasteiger partial charge on any atom is -0.443 e. The van der Waals surface area contributed by atoms with Crippen molar-refractivity contribution in [3.63, 3.8) is 0 Å². The van der Waals surface area contributed by atoms with Gasteiger partial charge in [-0.05, 0) is 113 Å². The summed E-state index contributed by atoms with van der Waals surface area (Å²) >= 11 is 3.56. The highest BCUT2D eigenvalue weighted by Gasteiger charge is 2.58. The third kappa shape index (κ3) is 8.40. The van der Waals surface area contributed by atoms with Crippen molar-refractivity contribution in [2.45, 2.75) is 89.5 Å². The number of rotatable bonds is 4. The van der Waals surface area contributed by atoms with Crippen LogP contribution < -0.4 is 15.5 Å². The van der Waals surface area contributed by atoms with Crippen molar-refractivity contribution in [2.24, 2.45) is 12.8 Å². The van der Waals surface area contributed by atoms with Crippen LogP contribution in [0.4, 0.5) is 26.0 Å². The number of carbonyl (C=O) groups is 3. The zero-order chi connectivity index (χ0) is 51.2. The van der Waals surface area contributed by atoms with Gasteiger partial charge in [0.05, 0.1) is 39.1 Å². The van der Waals surface area contributed by atoms with Crippen molar-refractivity contribution < 1.29 is 23.9 Å². The number of fused-ring (bicyclic) bond motifs is 7. The summed E-state index contributed by atoms with van der Waals surface area (Å²) in [5, 5.41) is 6.04. The number of carbonyl (C=O) groups excluding carboxylic acids is 3. The van der Waals surface area contributed by atoms with Gasteiger partial charge in [0, 0.05) is 67.4 Å². The fourth-order valence-electron chi connectivity index (χ4n) is 10.2. The Morgan fingerprint density at radius 3 is 2.15 bits per heavy atom. The van der Waals surface area contributed by atoms with Crippen LogP contribution in [-0.2, 0) is 27.6 Å². The Kier molecular flexibility index (Phi) is 11.4. The van der Waals surface area contributed by atoms with E-state index in [9.17, 15) is 14.4 Å². The molecule has 0 atom stereocenters. The molecule has 3 aliphatic rings. The molecule has 2 amide bonds. The van der Waals surface area contributed by atoms with Crippen LogP contribution in [0, 0.1) is 0 Å². The third-order valence-electron chi connectivity index (χ3n) is 13.7. The van der Waals surface area contributed by atoms with Gasteiger partial charge >= 0.3 is 18.2 Å². The van der Waals surface area contributed by atoms with E-state index in [2.05, 4.69) is 66.8 Å². The van der Waals surface area contributed by atoms with Gasteiger partial charge in [-0.2, -0.15) is 5.10 Å². The zero-order valence-corrected chi connectivity index (χ0v) is 43.1. The zero-order valence-electron chi connectivity index (χ0n) is 41.6. The predicted molar refractivity (Wildman–Crippen MR) is 278 cm³/mol. The number of amides is 2. The van der Waals surface area contributed by atoms with Gasteiger partial charge in [0.1, 0.15) is 63.8 Å². The summed E-state index contributed by atoms with van der Waals surface area (Å²) in [6, 6.07) is 15.0. The predicted octanol–water partition coefficient (Wildman–Crippen LogP) is 8.73. The van der Waals surface area contributed by atoms with Gasteiger partial charge in [-0.3, -0.25) is 4.68 Å². The molecule has 10 heterocycles. The van der Waals surface area contributed by atoms with Crippen LogP contribution in [0.25, 0.3) is 55.3 Å². The third-order valence-corrected chi connectivity index (χ3v) is 14.3. The Morgan fingerprint density at radius 1 is 0.781 bits per heavy atom. The molecule has 0 bridgehead atoms. The van der Waals surface area contributed by atoms with Gasteiger partial charge in [-0.25, -0.2) is 58.3 Å². The minimum absolute atomic E-state index is 0.400. The molecule has 22 heteroatoms. The molecule has 0 aliphatic carbocycles. The van der Waals surface area contributed by atoms with E-state index in [1.165, 1.54) is 20.4 Å². The van der Waals surface area contributed by atoms with Crippen LogP contribution in [0.5, 0.6) is 0 Å². The standard InChI is InChI=1S/C29H32BrN7O5.C22H23N9/c1-27(2,3)41-25(39)35-13-10-17-21(31-16-32-22(17)35)34-14-11-29(12-15-34)23-33-20-18(30)8-7-9-19(20)36(23)24(38)37(29)26(40)42-28(4,5)6;1-30-12-14(11-27-30)15-3-2-4-17-18(15)29-21(28-17)22(23)6-9-31(10-7-22)20-16-5-8-24-19(16)25-13-26-20/h7-10,13,16H,11-12,14-15H2,1-6H3;2-5,8,11-13H,6-7,9-10,23H2,1H3,(H,28,29)(H,24,25,26). The van der Waals surface area contributed by atoms with E-state index in [4.69, 9.17) is 25.2 Å². The molecule has 2 saturated heterocycles. The highest BCUT2D eigenvalue weighted by atomic mass is 79.9. The van der Waals surface area contributed by atoms with E-state index in [1.807, 2.05) is 82.8 Å². The lowest BCUT2D eigenvalue weighted by Gasteiger charge is -2.42. The van der Waals surface area contributed by atoms with Gasteiger partial charge in [-0.15, -0.1) is 0 Å². The van der Waals surface area contributed by atoms with Crippen LogP contribution in [0.3, 0.4) is 0 Å². The van der Waals surface area contributed by atoms with E-state index in [0.29, 0.717) is 59.6 Å². The second kappa shape index (κ2) is 17.5. The van der Waals surface area contributed by atoms with E-state index in [0.717, 1.165) is 75.2 Å². The summed E-state index contributed by atoms with van der Waals surface area (Å²) in [6.45, 7) is 13.3. The number of piperidine rings is 2. The first-order valence-corrected chi connectivity index (χ1v) is 25.0. The largest absolute Gasteiger partial charge is 0.443 e. The molecule has 3 aliphatic heterocycles. The lowest BCUT2D eigenvalue weighted by molar-refractivity contribution is 0.00875. The van der Waals surface area contributed by atoms with Crippen LogP contribution in [0.2, 0.25) is 0 Å². The molecule has 21 nitrogen and oxygen atoms in total. The highest BCUT2D eigenvalue weighted by Crippen LogP contribution is 2.47. The van der Waals surface area contributed by atoms with Crippen molar-refractivity contribution >= 4 is 89.9 Å². The number of nitrogens with two attached hydrogens (primary N) is 1. The summed E-state index contributed by atoms with van der Waals surface area (Å²) in [7, 11) is 1.92. The van der Waals surface area contributed by atoms with Crippen LogP contribution in [0.15, 0.2) is 90.4 Å². The number of halogens is 1. The maximum absolute atomic E-state index is 13.9. The molecule has 73 heavy (non-hydrogen) atoms. The van der Waals surface area contributed by atoms with E-state index in [-0.39, 0.29) is 0 Å². The topological polar surface area (TPSA) is 242 Å². The van der Waals surface area contributed by atoms with Crippen molar-refractivity contribution in [1.82, 2.24) is 63.7 Å². The van der Waals surface area contributed by atoms with Crippen LogP contribution >= 0.6 is 15.9 Å². The number of nitrogens with zero attached hydrogens (tertiary/aromatic N) is 13. The Morgan fingerprint density at radius 2 is 1.45 bits per heavy atom. The second-order valence-electron chi connectivity index (χ2n) is 20.9. The molecule has 2 fully saturated rings. The average molecular weight is 1050 g/mol. The first-order valence-electron chi connectivity index (χ1n) is 24.2. The summed E-state index contributed by atoms with van der Waals surface area (Å²) in [5.41, 5.74) is 10.5. The van der Waals surface area contributed by atoms with Crippen molar-refractivity contribution in [1.29, 1.82) is 0 Å². The van der Waals surface area contributed by atoms with Gasteiger partial charge in [0.25, 0.3) is 0 Å². The number of aromatic nitrogens is 12. The van der Waals surface area contributed by atoms with Crippen molar-refractivity contribution in [2.75, 3.05) is 36.0 Å². The quantitative estimate of drug-likeness (QED) is 0.149. The molecule has 0 saturated carbocycles. The van der Waals surface area contributed by atoms with Crippen LogP contribution in [-0.4, -0.2) is 119 Å². The Balaban J connectivity index is 0.000000164. The number of anilines is 2. The van der Waals surface area contributed by atoms with E-state index >= 15 is 0 Å². The number of aromatic amines is 2. The molecule has 2 aromatic carbocycles. The van der Waals surface area contributed by atoms with Crippen molar-refractivity contribution in [3.05, 3.63) is 102 Å². The average Bonchev–Trinajstić information content (AvgIpc) is 4.21. The summed E-state index contributed by atoms with van der Waals surface area (Å²) in [4.78, 5) is 80.1. The Labute approximate surface area is 427 Å². The summed E-state index contributed by atoms with van der Waals surface area (Å²) in [6.07, 6.45) is 11.6. The number of ether oxygens (including phenoxy) is 2. The molecule has 0 radical (unpaired) electrons. The van der Waals surface area contributed by atoms with Crippen molar-refractivity contribution in [3.8, 4) is 11.1 Å². The highest BCUT2D eigenvalue weighted by molar-refractivity contribution is 9.10. The normalized spacial score (nSPS) is 16.7. The van der Waals surface area contributed by atoms with E-state index in [1.54, 1.807) is 44.0 Å². The maximum atomic E-state index is 13.9. The molecule has 12 rings (SSSR count). The number of benzene rings is 2. The molecule has 1 spiro atoms.